The van der Waals surface area contributed by atoms with Gasteiger partial charge in [0.05, 0.1) is 11.4 Å². The van der Waals surface area contributed by atoms with E-state index in [0.29, 0.717) is 17.8 Å². The summed E-state index contributed by atoms with van der Waals surface area (Å²) in [6, 6.07) is 7.61. The number of pyridine rings is 1. The predicted octanol–water partition coefficient (Wildman–Crippen LogP) is 4.10. The number of rotatable bonds is 5. The predicted molar refractivity (Wildman–Crippen MR) is 140 cm³/mol. The summed E-state index contributed by atoms with van der Waals surface area (Å²) in [4.78, 5) is 29.5. The van der Waals surface area contributed by atoms with Crippen LogP contribution in [0.3, 0.4) is 0 Å². The fraction of sp³-hybridized carbons (Fsp3) is 0.400. The SMILES string of the molecule is CCc1nn(-c2ccc(C)cc2C)c([O-])c1C1=C([n+]2ccc(C)c(C)c2)C(=O)N(C2CCCCC2)C1=O. The summed E-state index contributed by atoms with van der Waals surface area (Å²) in [5.74, 6) is -1.09. The van der Waals surface area contributed by atoms with Crippen LogP contribution in [0.1, 0.15) is 72.5 Å². The smallest absolute Gasteiger partial charge is 0.327 e. The number of imide groups is 1. The van der Waals surface area contributed by atoms with Gasteiger partial charge in [0.2, 0.25) is 0 Å². The summed E-state index contributed by atoms with van der Waals surface area (Å²) in [7, 11) is 0. The molecule has 0 N–H and O–H groups in total. The van der Waals surface area contributed by atoms with Crippen LogP contribution in [0.2, 0.25) is 0 Å². The molecule has 0 radical (unpaired) electrons. The molecule has 5 rings (SSSR count). The first-order valence-electron chi connectivity index (χ1n) is 13.2. The number of aromatic nitrogens is 3. The molecule has 2 amide bonds. The number of carbonyl (C=O) groups excluding carboxylic acids is 2. The normalized spacial score (nSPS) is 16.8. The van der Waals surface area contributed by atoms with Crippen LogP contribution in [0.4, 0.5) is 0 Å². The Morgan fingerprint density at radius 2 is 1.70 bits per heavy atom. The molecule has 1 aliphatic carbocycles. The largest absolute Gasteiger partial charge is 0.858 e. The molecular formula is C30H34N4O3. The van der Waals surface area contributed by atoms with Crippen LogP contribution in [0.15, 0.2) is 36.7 Å². The fourth-order valence-corrected chi connectivity index (χ4v) is 5.64. The van der Waals surface area contributed by atoms with Crippen molar-refractivity contribution in [1.29, 1.82) is 0 Å². The summed E-state index contributed by atoms with van der Waals surface area (Å²) >= 11 is 0. The van der Waals surface area contributed by atoms with Crippen molar-refractivity contribution in [2.45, 2.75) is 79.2 Å². The highest BCUT2D eigenvalue weighted by molar-refractivity contribution is 6.45. The van der Waals surface area contributed by atoms with E-state index in [4.69, 9.17) is 0 Å². The van der Waals surface area contributed by atoms with Gasteiger partial charge in [-0.2, -0.15) is 9.67 Å². The van der Waals surface area contributed by atoms with Crippen molar-refractivity contribution in [3.63, 3.8) is 0 Å². The Morgan fingerprint density at radius 1 is 0.973 bits per heavy atom. The Hall–Kier alpha value is -3.74. The Labute approximate surface area is 218 Å². The van der Waals surface area contributed by atoms with Gasteiger partial charge in [0.25, 0.3) is 11.6 Å². The van der Waals surface area contributed by atoms with Gasteiger partial charge in [-0.3, -0.25) is 14.5 Å². The maximum absolute atomic E-state index is 14.1. The van der Waals surface area contributed by atoms with E-state index in [1.807, 2.05) is 65.1 Å². The van der Waals surface area contributed by atoms with Crippen molar-refractivity contribution in [3.05, 3.63) is 70.2 Å². The third-order valence-electron chi connectivity index (χ3n) is 7.81. The number of nitrogens with zero attached hydrogens (tertiary/aromatic N) is 4. The zero-order valence-corrected chi connectivity index (χ0v) is 22.3. The maximum atomic E-state index is 14.1. The van der Waals surface area contributed by atoms with Crippen LogP contribution < -0.4 is 9.67 Å². The molecule has 0 spiro atoms. The first-order valence-corrected chi connectivity index (χ1v) is 13.2. The topological polar surface area (TPSA) is 82.1 Å². The summed E-state index contributed by atoms with van der Waals surface area (Å²) in [6.45, 7) is 9.84. The van der Waals surface area contributed by atoms with Crippen molar-refractivity contribution in [3.8, 4) is 11.6 Å². The Balaban J connectivity index is 1.75. The lowest BCUT2D eigenvalue weighted by atomic mass is 9.94. The molecule has 7 nitrogen and oxygen atoms in total. The number of amides is 2. The zero-order chi connectivity index (χ0) is 26.4. The van der Waals surface area contributed by atoms with Crippen molar-refractivity contribution < 1.29 is 19.3 Å². The van der Waals surface area contributed by atoms with E-state index in [1.54, 1.807) is 10.8 Å². The number of benzene rings is 1. The third-order valence-corrected chi connectivity index (χ3v) is 7.81. The summed E-state index contributed by atoms with van der Waals surface area (Å²) in [6.07, 6.45) is 8.80. The van der Waals surface area contributed by atoms with Crippen LogP contribution in [0.5, 0.6) is 5.88 Å². The van der Waals surface area contributed by atoms with Crippen LogP contribution >= 0.6 is 0 Å². The lowest BCUT2D eigenvalue weighted by molar-refractivity contribution is -0.577. The van der Waals surface area contributed by atoms with Crippen molar-refractivity contribution in [1.82, 2.24) is 14.7 Å². The number of carbonyl (C=O) groups is 2. The molecular weight excluding hydrogens is 464 g/mol. The van der Waals surface area contributed by atoms with Gasteiger partial charge in [0, 0.05) is 23.2 Å². The monoisotopic (exact) mass is 498 g/mol. The van der Waals surface area contributed by atoms with Gasteiger partial charge in [-0.15, -0.1) is 0 Å². The molecule has 1 aromatic carbocycles. The van der Waals surface area contributed by atoms with Gasteiger partial charge in [-0.1, -0.05) is 43.9 Å². The lowest BCUT2D eigenvalue weighted by Gasteiger charge is -2.29. The standard InChI is InChI=1S/C30H34N4O3/c1-6-23-25(29(36)34(31-23)24-13-12-18(2)16-20(24)4)26-27(32-15-14-19(3)21(5)17-32)30(37)33(28(26)35)22-10-8-7-9-11-22/h12-17,22H,6-11H2,1-5H3. The van der Waals surface area contributed by atoms with Crippen LogP contribution in [-0.4, -0.2) is 32.5 Å². The van der Waals surface area contributed by atoms with Gasteiger partial charge in [0.15, 0.2) is 12.4 Å². The van der Waals surface area contributed by atoms with Gasteiger partial charge >= 0.3 is 5.91 Å². The second kappa shape index (κ2) is 9.61. The first-order chi connectivity index (χ1) is 17.7. The quantitative estimate of drug-likeness (QED) is 0.392. The maximum Gasteiger partial charge on any atom is 0.327 e. The second-order valence-electron chi connectivity index (χ2n) is 10.4. The van der Waals surface area contributed by atoms with Gasteiger partial charge in [-0.25, -0.2) is 4.68 Å². The molecule has 2 aliphatic rings. The molecule has 0 atom stereocenters. The highest BCUT2D eigenvalue weighted by Gasteiger charge is 2.49. The number of aryl methyl sites for hydroxylation is 5. The highest BCUT2D eigenvalue weighted by atomic mass is 16.3. The first kappa shape index (κ1) is 24.9. The highest BCUT2D eigenvalue weighted by Crippen LogP contribution is 2.40. The molecule has 0 saturated heterocycles. The van der Waals surface area contributed by atoms with E-state index in [1.165, 1.54) is 9.58 Å². The molecule has 1 fully saturated rings. The van der Waals surface area contributed by atoms with E-state index in [0.717, 1.165) is 54.4 Å². The third kappa shape index (κ3) is 4.16. The Morgan fingerprint density at radius 3 is 2.35 bits per heavy atom. The molecule has 0 unspecified atom stereocenters. The van der Waals surface area contributed by atoms with Crippen LogP contribution in [0, 0.1) is 27.7 Å². The van der Waals surface area contributed by atoms with E-state index in [2.05, 4.69) is 5.10 Å². The minimum absolute atomic E-state index is 0.150. The van der Waals surface area contributed by atoms with Gasteiger partial charge < -0.3 is 5.11 Å². The lowest BCUT2D eigenvalue weighted by Crippen LogP contribution is -2.45. The molecule has 192 valence electrons. The van der Waals surface area contributed by atoms with E-state index in [9.17, 15) is 14.7 Å². The van der Waals surface area contributed by atoms with Crippen LogP contribution in [-0.2, 0) is 16.0 Å². The van der Waals surface area contributed by atoms with E-state index in [-0.39, 0.29) is 40.6 Å². The molecule has 1 aliphatic heterocycles. The Bertz CT molecular complexity index is 1440. The Kier molecular flexibility index (Phi) is 6.48. The summed E-state index contributed by atoms with van der Waals surface area (Å²) in [5.41, 5.74) is 5.94. The van der Waals surface area contributed by atoms with Crippen molar-refractivity contribution >= 4 is 23.1 Å². The average molecular weight is 499 g/mol. The molecule has 2 aromatic heterocycles. The summed E-state index contributed by atoms with van der Waals surface area (Å²) < 4.78 is 3.10. The average Bonchev–Trinajstić information content (AvgIpc) is 3.33. The fourth-order valence-electron chi connectivity index (χ4n) is 5.64. The van der Waals surface area contributed by atoms with E-state index < -0.39 is 0 Å². The minimum atomic E-state index is -0.385. The van der Waals surface area contributed by atoms with Gasteiger partial charge in [-0.05, 0) is 70.0 Å². The molecule has 7 heteroatoms. The van der Waals surface area contributed by atoms with Crippen molar-refractivity contribution in [2.75, 3.05) is 0 Å². The second-order valence-corrected chi connectivity index (χ2v) is 10.4. The molecule has 37 heavy (non-hydrogen) atoms. The van der Waals surface area contributed by atoms with Crippen molar-refractivity contribution in [2.24, 2.45) is 0 Å². The molecule has 3 aromatic rings. The number of hydrogen-bond acceptors (Lipinski definition) is 4. The van der Waals surface area contributed by atoms with Crippen LogP contribution in [0.25, 0.3) is 17.0 Å². The molecule has 0 bridgehead atoms. The molecule has 3 heterocycles. The number of hydrogen-bond donors (Lipinski definition) is 0. The molecule has 1 saturated carbocycles. The summed E-state index contributed by atoms with van der Waals surface area (Å²) in [5, 5.41) is 18.7. The van der Waals surface area contributed by atoms with Gasteiger partial charge in [0.1, 0.15) is 5.57 Å². The minimum Gasteiger partial charge on any atom is -0.858 e. The van der Waals surface area contributed by atoms with E-state index >= 15 is 0 Å². The zero-order valence-electron chi connectivity index (χ0n) is 22.3.